The van der Waals surface area contributed by atoms with Gasteiger partial charge in [0.05, 0.1) is 22.2 Å². The maximum absolute atomic E-state index is 13.2. The van der Waals surface area contributed by atoms with Gasteiger partial charge in [-0.05, 0) is 80.7 Å². The summed E-state index contributed by atoms with van der Waals surface area (Å²) in [5, 5.41) is 16.2. The van der Waals surface area contributed by atoms with Gasteiger partial charge in [-0.2, -0.15) is 0 Å². The number of rotatable bonds is 8. The Labute approximate surface area is 238 Å². The van der Waals surface area contributed by atoms with Gasteiger partial charge in [0.2, 0.25) is 5.91 Å². The SMILES string of the molecule is O=C(Nc1c(O)cccc1C(=O)Nc1ccc(Cl)cn1)c1ccc(C2CCCN(CCN3CCCC3)C2=O)cc1. The first-order valence-electron chi connectivity index (χ1n) is 13.6. The number of nitrogens with one attached hydrogen (secondary N) is 2. The number of nitrogens with zero attached hydrogens (tertiary/aromatic N) is 3. The normalized spacial score (nSPS) is 17.6. The smallest absolute Gasteiger partial charge is 0.259 e. The van der Waals surface area contributed by atoms with Crippen LogP contribution in [0.4, 0.5) is 11.5 Å². The van der Waals surface area contributed by atoms with Gasteiger partial charge in [-0.25, -0.2) is 4.98 Å². The highest BCUT2D eigenvalue weighted by molar-refractivity contribution is 6.30. The number of carbonyl (C=O) groups is 3. The van der Waals surface area contributed by atoms with Crippen molar-refractivity contribution < 1.29 is 19.5 Å². The largest absolute Gasteiger partial charge is 0.506 e. The van der Waals surface area contributed by atoms with Crippen LogP contribution >= 0.6 is 11.6 Å². The number of pyridine rings is 1. The summed E-state index contributed by atoms with van der Waals surface area (Å²) in [6, 6.07) is 14.5. The summed E-state index contributed by atoms with van der Waals surface area (Å²) in [6.07, 6.45) is 5.59. The molecule has 40 heavy (non-hydrogen) atoms. The molecule has 1 unspecified atom stereocenters. The van der Waals surface area contributed by atoms with Gasteiger partial charge < -0.3 is 25.5 Å². The molecule has 5 rings (SSSR count). The molecule has 2 fully saturated rings. The predicted molar refractivity (Wildman–Crippen MR) is 154 cm³/mol. The third kappa shape index (κ3) is 6.43. The molecule has 1 aromatic heterocycles. The zero-order chi connectivity index (χ0) is 28.1. The Hall–Kier alpha value is -3.95. The van der Waals surface area contributed by atoms with Crippen LogP contribution in [0.1, 0.15) is 57.9 Å². The summed E-state index contributed by atoms with van der Waals surface area (Å²) in [7, 11) is 0. The van der Waals surface area contributed by atoms with E-state index in [4.69, 9.17) is 11.6 Å². The number of amides is 3. The maximum atomic E-state index is 13.2. The van der Waals surface area contributed by atoms with Crippen molar-refractivity contribution in [2.45, 2.75) is 31.6 Å². The maximum Gasteiger partial charge on any atom is 0.259 e. The molecule has 0 saturated carbocycles. The lowest BCUT2D eigenvalue weighted by Gasteiger charge is -2.33. The number of aromatic nitrogens is 1. The molecule has 2 saturated heterocycles. The number of likely N-dealkylation sites (tertiary alicyclic amines) is 2. The molecule has 2 aromatic carbocycles. The van der Waals surface area contributed by atoms with E-state index in [1.54, 1.807) is 24.3 Å². The highest BCUT2D eigenvalue weighted by Gasteiger charge is 2.30. The molecule has 3 amide bonds. The number of piperidine rings is 1. The first-order valence-corrected chi connectivity index (χ1v) is 13.9. The van der Waals surface area contributed by atoms with E-state index in [9.17, 15) is 19.5 Å². The van der Waals surface area contributed by atoms with Crippen molar-refractivity contribution in [3.05, 3.63) is 82.5 Å². The van der Waals surface area contributed by atoms with Crippen LogP contribution in [-0.2, 0) is 4.79 Å². The molecule has 2 aliphatic rings. The Kier molecular flexibility index (Phi) is 8.62. The first-order chi connectivity index (χ1) is 19.4. The summed E-state index contributed by atoms with van der Waals surface area (Å²) in [5.41, 5.74) is 1.28. The average molecular weight is 562 g/mol. The van der Waals surface area contributed by atoms with Crippen molar-refractivity contribution >= 4 is 40.8 Å². The minimum atomic E-state index is -0.554. The van der Waals surface area contributed by atoms with Crippen molar-refractivity contribution in [3.8, 4) is 5.75 Å². The lowest BCUT2D eigenvalue weighted by atomic mass is 9.89. The number of aromatic hydroxyl groups is 1. The number of hydrogen-bond acceptors (Lipinski definition) is 6. The molecule has 208 valence electrons. The monoisotopic (exact) mass is 561 g/mol. The van der Waals surface area contributed by atoms with Gasteiger partial charge in [0.15, 0.2) is 0 Å². The Balaban J connectivity index is 1.24. The van der Waals surface area contributed by atoms with Crippen molar-refractivity contribution in [1.29, 1.82) is 0 Å². The minimum absolute atomic E-state index is 0.0147. The fraction of sp³-hybridized carbons (Fsp3) is 0.333. The zero-order valence-electron chi connectivity index (χ0n) is 22.1. The molecule has 10 heteroatoms. The van der Waals surface area contributed by atoms with Crippen molar-refractivity contribution in [2.24, 2.45) is 0 Å². The highest BCUT2D eigenvalue weighted by atomic mass is 35.5. The van der Waals surface area contributed by atoms with E-state index >= 15 is 0 Å². The van der Waals surface area contributed by atoms with Gasteiger partial charge in [0, 0.05) is 31.4 Å². The van der Waals surface area contributed by atoms with Gasteiger partial charge in [0.25, 0.3) is 11.8 Å². The number of halogens is 1. The topological polar surface area (TPSA) is 115 Å². The molecule has 9 nitrogen and oxygen atoms in total. The number of anilines is 2. The van der Waals surface area contributed by atoms with Gasteiger partial charge in [-0.3, -0.25) is 14.4 Å². The van der Waals surface area contributed by atoms with Crippen LogP contribution < -0.4 is 10.6 Å². The third-order valence-corrected chi connectivity index (χ3v) is 7.71. The molecular formula is C30H32ClN5O4. The fourth-order valence-electron chi connectivity index (χ4n) is 5.29. The second-order valence-electron chi connectivity index (χ2n) is 10.2. The number of phenols is 1. The molecule has 0 bridgehead atoms. The van der Waals surface area contributed by atoms with Crippen molar-refractivity contribution in [2.75, 3.05) is 43.4 Å². The predicted octanol–water partition coefficient (Wildman–Crippen LogP) is 4.75. The molecule has 0 radical (unpaired) electrons. The number of benzene rings is 2. The standard InChI is InChI=1S/C30H32ClN5O4/c31-22-12-13-26(32-19-22)33-29(39)24-5-3-7-25(37)27(24)34-28(38)21-10-8-20(9-11-21)23-6-4-16-36(30(23)40)18-17-35-14-1-2-15-35/h3,5,7-13,19,23,37H,1-2,4,6,14-18H2,(H,34,38)(H,32,33,39). The molecule has 3 aromatic rings. The lowest BCUT2D eigenvalue weighted by Crippen LogP contribution is -2.43. The molecule has 3 N–H and O–H groups in total. The number of hydrogen-bond donors (Lipinski definition) is 3. The van der Waals surface area contributed by atoms with Gasteiger partial charge in [-0.1, -0.05) is 29.8 Å². The van der Waals surface area contributed by atoms with Crippen LogP contribution in [-0.4, -0.2) is 70.3 Å². The molecule has 0 spiro atoms. The van der Waals surface area contributed by atoms with Crippen LogP contribution in [0.3, 0.4) is 0 Å². The molecule has 0 aliphatic carbocycles. The van der Waals surface area contributed by atoms with Crippen LogP contribution in [0.25, 0.3) is 0 Å². The van der Waals surface area contributed by atoms with Crippen LogP contribution in [0.5, 0.6) is 5.75 Å². The van der Waals surface area contributed by atoms with E-state index < -0.39 is 11.8 Å². The molecule has 1 atom stereocenters. The summed E-state index contributed by atoms with van der Waals surface area (Å²) < 4.78 is 0. The Morgan fingerprint density at radius 2 is 1.70 bits per heavy atom. The first kappa shape index (κ1) is 27.6. The second-order valence-corrected chi connectivity index (χ2v) is 10.6. The van der Waals surface area contributed by atoms with Gasteiger partial charge in [-0.15, -0.1) is 0 Å². The van der Waals surface area contributed by atoms with E-state index in [0.29, 0.717) is 10.6 Å². The number of carbonyl (C=O) groups excluding carboxylic acids is 3. The van der Waals surface area contributed by atoms with E-state index in [1.807, 2.05) is 17.0 Å². The quantitative estimate of drug-likeness (QED) is 0.342. The third-order valence-electron chi connectivity index (χ3n) is 7.49. The van der Waals surface area contributed by atoms with Crippen molar-refractivity contribution in [1.82, 2.24) is 14.8 Å². The Morgan fingerprint density at radius 3 is 2.42 bits per heavy atom. The summed E-state index contributed by atoms with van der Waals surface area (Å²) in [5.74, 6) is -1.10. The summed E-state index contributed by atoms with van der Waals surface area (Å²) >= 11 is 5.85. The second kappa shape index (κ2) is 12.5. The number of para-hydroxylation sites is 1. The van der Waals surface area contributed by atoms with E-state index in [2.05, 4.69) is 20.5 Å². The zero-order valence-corrected chi connectivity index (χ0v) is 22.9. The van der Waals surface area contributed by atoms with Crippen LogP contribution in [0.2, 0.25) is 5.02 Å². The van der Waals surface area contributed by atoms with Crippen LogP contribution in [0.15, 0.2) is 60.8 Å². The highest BCUT2D eigenvalue weighted by Crippen LogP contribution is 2.30. The number of phenolic OH excluding ortho intramolecular Hbond substituents is 1. The van der Waals surface area contributed by atoms with E-state index in [-0.39, 0.29) is 34.6 Å². The van der Waals surface area contributed by atoms with Crippen molar-refractivity contribution in [3.63, 3.8) is 0 Å². The Bertz CT molecular complexity index is 1370. The summed E-state index contributed by atoms with van der Waals surface area (Å²) in [6.45, 7) is 4.68. The van der Waals surface area contributed by atoms with Gasteiger partial charge in [0.1, 0.15) is 11.6 Å². The fourth-order valence-corrected chi connectivity index (χ4v) is 5.40. The average Bonchev–Trinajstić information content (AvgIpc) is 3.49. The van der Waals surface area contributed by atoms with E-state index in [1.165, 1.54) is 37.2 Å². The molecule has 2 aliphatic heterocycles. The lowest BCUT2D eigenvalue weighted by molar-refractivity contribution is -0.135. The Morgan fingerprint density at radius 1 is 0.925 bits per heavy atom. The van der Waals surface area contributed by atoms with Crippen LogP contribution in [0, 0.1) is 0 Å². The summed E-state index contributed by atoms with van der Waals surface area (Å²) in [4.78, 5) is 47.7. The van der Waals surface area contributed by atoms with E-state index in [0.717, 1.165) is 51.1 Å². The minimum Gasteiger partial charge on any atom is -0.506 e. The molecule has 3 heterocycles. The molecular weight excluding hydrogens is 530 g/mol. The van der Waals surface area contributed by atoms with Gasteiger partial charge >= 0.3 is 0 Å².